The highest BCUT2D eigenvalue weighted by atomic mass is 79.9. The number of carbonyl (C=O) groups excluding carboxylic acids is 1. The van der Waals surface area contributed by atoms with Gasteiger partial charge in [-0.05, 0) is 34.5 Å². The summed E-state index contributed by atoms with van der Waals surface area (Å²) in [6.07, 6.45) is 0.516. The molecule has 1 amide bonds. The number of hydrogen-bond donors (Lipinski definition) is 2. The molecule has 0 aliphatic heterocycles. The first-order chi connectivity index (χ1) is 14.5. The molecule has 0 saturated heterocycles. The molecule has 4 rings (SSSR count). The number of nitrogens with zero attached hydrogens (tertiary/aromatic N) is 3. The second kappa shape index (κ2) is 8.85. The van der Waals surface area contributed by atoms with Crippen LogP contribution in [0.4, 0.5) is 10.1 Å². The highest BCUT2D eigenvalue weighted by Crippen LogP contribution is 2.23. The zero-order valence-corrected chi connectivity index (χ0v) is 18.1. The van der Waals surface area contributed by atoms with Gasteiger partial charge >= 0.3 is 0 Å². The summed E-state index contributed by atoms with van der Waals surface area (Å²) < 4.78 is 15.8. The van der Waals surface area contributed by atoms with Crippen LogP contribution in [0.3, 0.4) is 0 Å². The molecule has 0 radical (unpaired) electrons. The standard InChI is InChI=1S/C21H17BrFN5OS/c22-15-8-9-18(17(23)11-15)25-20(29)12-30-21-27-26-19(28(21)24)10-14-6-3-5-13-4-1-2-7-16(13)14/h1-9,11H,10,12,24H2,(H,25,29). The summed E-state index contributed by atoms with van der Waals surface area (Å²) in [6.45, 7) is 0. The van der Waals surface area contributed by atoms with Crippen LogP contribution in [0.5, 0.6) is 0 Å². The molecule has 0 saturated carbocycles. The molecular weight excluding hydrogens is 469 g/mol. The fraction of sp³-hybridized carbons (Fsp3) is 0.0952. The van der Waals surface area contributed by atoms with Crippen LogP contribution in [0.2, 0.25) is 0 Å². The number of nitrogen functional groups attached to an aromatic ring is 1. The van der Waals surface area contributed by atoms with E-state index in [1.807, 2.05) is 24.3 Å². The number of carbonyl (C=O) groups is 1. The first-order valence-electron chi connectivity index (χ1n) is 9.05. The SMILES string of the molecule is Nn1c(Cc2cccc3ccccc23)nnc1SCC(=O)Nc1ccc(Br)cc1F. The molecule has 3 aromatic carbocycles. The number of amides is 1. The molecule has 0 bridgehead atoms. The van der Waals surface area contributed by atoms with Gasteiger partial charge in [-0.2, -0.15) is 0 Å². The van der Waals surface area contributed by atoms with Crippen molar-refractivity contribution in [2.75, 3.05) is 16.9 Å². The van der Waals surface area contributed by atoms with Crippen LogP contribution in [0, 0.1) is 5.82 Å². The van der Waals surface area contributed by atoms with E-state index < -0.39 is 5.82 Å². The Bertz CT molecular complexity index is 1220. The van der Waals surface area contributed by atoms with Crippen LogP contribution in [-0.4, -0.2) is 26.5 Å². The summed E-state index contributed by atoms with van der Waals surface area (Å²) >= 11 is 4.32. The van der Waals surface area contributed by atoms with Crippen LogP contribution in [0.25, 0.3) is 10.8 Å². The molecule has 0 unspecified atom stereocenters. The summed E-state index contributed by atoms with van der Waals surface area (Å²) in [5.41, 5.74) is 1.21. The van der Waals surface area contributed by atoms with E-state index >= 15 is 0 Å². The van der Waals surface area contributed by atoms with Gasteiger partial charge in [0.15, 0.2) is 5.82 Å². The third kappa shape index (κ3) is 4.47. The average molecular weight is 486 g/mol. The van der Waals surface area contributed by atoms with Crippen LogP contribution in [0.15, 0.2) is 70.3 Å². The minimum atomic E-state index is -0.512. The number of hydrogen-bond acceptors (Lipinski definition) is 5. The minimum Gasteiger partial charge on any atom is -0.336 e. The smallest absolute Gasteiger partial charge is 0.234 e. The molecule has 0 aliphatic rings. The number of benzene rings is 3. The Kier molecular flexibility index (Phi) is 6.01. The third-order valence-electron chi connectivity index (χ3n) is 4.50. The van der Waals surface area contributed by atoms with E-state index in [4.69, 9.17) is 5.84 Å². The van der Waals surface area contributed by atoms with E-state index in [9.17, 15) is 9.18 Å². The lowest BCUT2D eigenvalue weighted by Crippen LogP contribution is -2.18. The molecule has 3 N–H and O–H groups in total. The van der Waals surface area contributed by atoms with E-state index in [1.165, 1.54) is 16.8 Å². The van der Waals surface area contributed by atoms with Crippen molar-refractivity contribution < 1.29 is 9.18 Å². The van der Waals surface area contributed by atoms with E-state index in [0.29, 0.717) is 21.9 Å². The fourth-order valence-corrected chi connectivity index (χ4v) is 4.06. The zero-order valence-electron chi connectivity index (χ0n) is 15.7. The van der Waals surface area contributed by atoms with Gasteiger partial charge in [-0.1, -0.05) is 70.2 Å². The molecule has 4 aromatic rings. The maximum Gasteiger partial charge on any atom is 0.234 e. The summed E-state index contributed by atoms with van der Waals surface area (Å²) in [4.78, 5) is 12.2. The Balaban J connectivity index is 1.42. The number of nitrogens with two attached hydrogens (primary N) is 1. The molecule has 0 spiro atoms. The number of rotatable bonds is 6. The Morgan fingerprint density at radius 2 is 1.93 bits per heavy atom. The summed E-state index contributed by atoms with van der Waals surface area (Å²) in [6, 6.07) is 18.6. The lowest BCUT2D eigenvalue weighted by Gasteiger charge is -2.08. The van der Waals surface area contributed by atoms with Gasteiger partial charge in [0, 0.05) is 10.9 Å². The maximum atomic E-state index is 13.9. The van der Waals surface area contributed by atoms with Crippen molar-refractivity contribution in [2.24, 2.45) is 0 Å². The predicted octanol–water partition coefficient (Wildman–Crippen LogP) is 4.37. The lowest BCUT2D eigenvalue weighted by molar-refractivity contribution is -0.113. The van der Waals surface area contributed by atoms with E-state index in [2.05, 4.69) is 49.6 Å². The number of nitrogens with one attached hydrogen (secondary N) is 1. The van der Waals surface area contributed by atoms with Crippen molar-refractivity contribution in [2.45, 2.75) is 11.6 Å². The summed E-state index contributed by atoms with van der Waals surface area (Å²) in [7, 11) is 0. The molecule has 30 heavy (non-hydrogen) atoms. The Morgan fingerprint density at radius 1 is 1.13 bits per heavy atom. The molecule has 1 heterocycles. The molecule has 1 aromatic heterocycles. The minimum absolute atomic E-state index is 0.0269. The van der Waals surface area contributed by atoms with Gasteiger partial charge in [0.25, 0.3) is 0 Å². The van der Waals surface area contributed by atoms with Crippen LogP contribution < -0.4 is 11.2 Å². The largest absolute Gasteiger partial charge is 0.336 e. The normalized spacial score (nSPS) is 11.0. The van der Waals surface area contributed by atoms with Crippen molar-refractivity contribution in [1.29, 1.82) is 0 Å². The van der Waals surface area contributed by atoms with Gasteiger partial charge in [0.1, 0.15) is 5.82 Å². The average Bonchev–Trinajstić information content (AvgIpc) is 3.08. The second-order valence-electron chi connectivity index (χ2n) is 6.54. The number of thioether (sulfide) groups is 1. The van der Waals surface area contributed by atoms with Gasteiger partial charge in [-0.25, -0.2) is 9.07 Å². The molecule has 6 nitrogen and oxygen atoms in total. The first-order valence-corrected chi connectivity index (χ1v) is 10.8. The fourth-order valence-electron chi connectivity index (χ4n) is 3.05. The Labute approximate surface area is 184 Å². The number of aromatic nitrogens is 3. The van der Waals surface area contributed by atoms with Gasteiger partial charge in [-0.3, -0.25) is 4.79 Å². The van der Waals surface area contributed by atoms with Gasteiger partial charge in [0.05, 0.1) is 11.4 Å². The Morgan fingerprint density at radius 3 is 2.77 bits per heavy atom. The Hall–Kier alpha value is -2.91. The monoisotopic (exact) mass is 485 g/mol. The number of halogens is 2. The topological polar surface area (TPSA) is 85.8 Å². The molecule has 9 heteroatoms. The molecule has 0 fully saturated rings. The van der Waals surface area contributed by atoms with Crippen molar-refractivity contribution in [1.82, 2.24) is 14.9 Å². The first kappa shape index (κ1) is 20.4. The highest BCUT2D eigenvalue weighted by molar-refractivity contribution is 9.10. The third-order valence-corrected chi connectivity index (χ3v) is 5.94. The molecule has 152 valence electrons. The van der Waals surface area contributed by atoms with Gasteiger partial charge in [-0.15, -0.1) is 10.2 Å². The number of fused-ring (bicyclic) bond motifs is 1. The van der Waals surface area contributed by atoms with Crippen molar-refractivity contribution in [3.05, 3.63) is 82.3 Å². The van der Waals surface area contributed by atoms with E-state index in [1.54, 1.807) is 6.07 Å². The highest BCUT2D eigenvalue weighted by Gasteiger charge is 2.15. The van der Waals surface area contributed by atoms with Crippen LogP contribution >= 0.6 is 27.7 Å². The maximum absolute atomic E-state index is 13.9. The van der Waals surface area contributed by atoms with E-state index in [-0.39, 0.29) is 17.3 Å². The second-order valence-corrected chi connectivity index (χ2v) is 8.40. The van der Waals surface area contributed by atoms with Crippen molar-refractivity contribution >= 4 is 50.1 Å². The summed E-state index contributed by atoms with van der Waals surface area (Å²) in [5.74, 6) is 5.89. The van der Waals surface area contributed by atoms with Gasteiger partial charge < -0.3 is 11.2 Å². The predicted molar refractivity (Wildman–Crippen MR) is 120 cm³/mol. The summed E-state index contributed by atoms with van der Waals surface area (Å²) in [5, 5.41) is 13.5. The molecule has 0 atom stereocenters. The van der Waals surface area contributed by atoms with Gasteiger partial charge in [0.2, 0.25) is 11.1 Å². The van der Waals surface area contributed by atoms with E-state index in [0.717, 1.165) is 28.1 Å². The van der Waals surface area contributed by atoms with Crippen molar-refractivity contribution in [3.8, 4) is 0 Å². The van der Waals surface area contributed by atoms with Crippen LogP contribution in [-0.2, 0) is 11.2 Å². The van der Waals surface area contributed by atoms with Crippen molar-refractivity contribution in [3.63, 3.8) is 0 Å². The van der Waals surface area contributed by atoms with Crippen LogP contribution in [0.1, 0.15) is 11.4 Å². The zero-order chi connectivity index (χ0) is 21.1. The lowest BCUT2D eigenvalue weighted by atomic mass is 10.0. The molecular formula is C21H17BrFN5OS. The quantitative estimate of drug-likeness (QED) is 0.312. The molecule has 0 aliphatic carbocycles. The number of anilines is 1.